The van der Waals surface area contributed by atoms with Crippen molar-refractivity contribution in [2.75, 3.05) is 16.7 Å². The van der Waals surface area contributed by atoms with E-state index in [9.17, 15) is 0 Å². The average molecular weight is 780 g/mol. The third kappa shape index (κ3) is 4.16. The van der Waals surface area contributed by atoms with Gasteiger partial charge in [0.25, 0.3) is 0 Å². The van der Waals surface area contributed by atoms with E-state index >= 15 is 0 Å². The van der Waals surface area contributed by atoms with E-state index in [4.69, 9.17) is 14.7 Å². The molecule has 9 rings (SSSR count). The van der Waals surface area contributed by atoms with Crippen LogP contribution in [0.1, 0.15) is 26.3 Å². The number of pyridine rings is 1. The standard InChI is InChI=1S/C37H29BN6O.Pt/c1-37(2,3)24-17-18-39-35(21-24)43-30-10-6-5-9-27(30)28-15-13-26(23-34(28)43)45-25-14-16-31-29(22-25)36-40-19-20-42(36)38-41(4)32-11-7-8-12-33(32)44(31)38;/h5-21H,1-4H3;/q-2;+2. The molecule has 7 aromatic rings. The van der Waals surface area contributed by atoms with E-state index in [1.165, 1.54) is 11.3 Å². The first-order chi connectivity index (χ1) is 21.9. The average Bonchev–Trinajstić information content (AvgIpc) is 3.74. The van der Waals surface area contributed by atoms with Gasteiger partial charge in [-0.15, -0.1) is 23.6 Å². The summed E-state index contributed by atoms with van der Waals surface area (Å²) in [7, 11) is 2.09. The molecule has 0 spiro atoms. The Hall–Kier alpha value is -4.81. The fraction of sp³-hybridized carbons (Fsp3) is 0.135. The molecule has 0 bridgehead atoms. The van der Waals surface area contributed by atoms with E-state index in [-0.39, 0.29) is 33.6 Å². The minimum Gasteiger partial charge on any atom is -0.503 e. The molecule has 2 aliphatic rings. The number of nitrogens with zero attached hydrogens (tertiary/aromatic N) is 6. The molecule has 0 atom stereocenters. The number of rotatable bonds is 3. The van der Waals surface area contributed by atoms with Crippen LogP contribution in [0.3, 0.4) is 0 Å². The number of hydrogen-bond donors (Lipinski definition) is 0. The summed E-state index contributed by atoms with van der Waals surface area (Å²) in [5.41, 5.74) is 7.50. The van der Waals surface area contributed by atoms with Crippen LogP contribution in [-0.4, -0.2) is 33.2 Å². The summed E-state index contributed by atoms with van der Waals surface area (Å²) in [6.45, 7) is 6.66. The third-order valence-corrected chi connectivity index (χ3v) is 9.01. The summed E-state index contributed by atoms with van der Waals surface area (Å²) in [4.78, 5) is 14.2. The summed E-state index contributed by atoms with van der Waals surface area (Å²) >= 11 is 0. The van der Waals surface area contributed by atoms with Crippen LogP contribution in [0.4, 0.5) is 17.1 Å². The number of fused-ring (bicyclic) bond motifs is 11. The molecular formula is C37H29BN6OPt. The molecule has 9 heteroatoms. The molecule has 7 nitrogen and oxygen atoms in total. The smallest absolute Gasteiger partial charge is 0.503 e. The number of ether oxygens (including phenoxy) is 1. The van der Waals surface area contributed by atoms with Gasteiger partial charge in [-0.2, -0.15) is 6.07 Å². The van der Waals surface area contributed by atoms with E-state index in [0.29, 0.717) is 11.5 Å². The minimum absolute atomic E-state index is 0. The molecule has 0 N–H and O–H groups in total. The maximum atomic E-state index is 6.50. The molecule has 4 aromatic carbocycles. The van der Waals surface area contributed by atoms with Crippen LogP contribution in [-0.2, 0) is 26.5 Å². The van der Waals surface area contributed by atoms with Crippen LogP contribution < -0.4 is 14.4 Å². The van der Waals surface area contributed by atoms with Gasteiger partial charge in [-0.25, -0.2) is 4.98 Å². The molecule has 2 aliphatic heterocycles. The van der Waals surface area contributed by atoms with Crippen molar-refractivity contribution < 1.29 is 25.8 Å². The van der Waals surface area contributed by atoms with Crippen molar-refractivity contribution in [3.8, 4) is 28.7 Å². The summed E-state index contributed by atoms with van der Waals surface area (Å²) in [5, 5.41) is 2.25. The molecule has 0 amide bonds. The molecule has 0 fully saturated rings. The van der Waals surface area contributed by atoms with Crippen molar-refractivity contribution in [3.63, 3.8) is 0 Å². The number of anilines is 3. The van der Waals surface area contributed by atoms with Gasteiger partial charge >= 0.3 is 28.2 Å². The fourth-order valence-corrected chi connectivity index (χ4v) is 6.84. The molecule has 0 radical (unpaired) electrons. The summed E-state index contributed by atoms with van der Waals surface area (Å²) in [6.07, 6.45) is 5.77. The Kier molecular flexibility index (Phi) is 6.45. The molecule has 5 heterocycles. The van der Waals surface area contributed by atoms with Gasteiger partial charge in [0.05, 0.1) is 0 Å². The number of para-hydroxylation sites is 3. The topological polar surface area (TPSA) is 51.4 Å². The Bertz CT molecular complexity index is 2300. The van der Waals surface area contributed by atoms with Crippen molar-refractivity contribution in [2.45, 2.75) is 26.2 Å². The van der Waals surface area contributed by atoms with Crippen LogP contribution in [0, 0.1) is 12.1 Å². The van der Waals surface area contributed by atoms with Crippen molar-refractivity contribution in [2.24, 2.45) is 0 Å². The Labute approximate surface area is 282 Å². The zero-order chi connectivity index (χ0) is 30.4. The monoisotopic (exact) mass is 779 g/mol. The SMILES string of the molecule is CN1B2N(c3ccc(Oc4[c-]c5c(cc4)c4ccccc4n5-c4cc(C(C)(C)C)ccn4)[c-]c3-c3nccn32)c2ccccc21.[Pt+2]. The summed E-state index contributed by atoms with van der Waals surface area (Å²) in [5.74, 6) is 2.94. The largest absolute Gasteiger partial charge is 2.00 e. The van der Waals surface area contributed by atoms with Crippen LogP contribution in [0.5, 0.6) is 11.5 Å². The van der Waals surface area contributed by atoms with Gasteiger partial charge in [-0.1, -0.05) is 74.3 Å². The summed E-state index contributed by atoms with van der Waals surface area (Å²) < 4.78 is 10.9. The number of imidazole rings is 1. The Morgan fingerprint density at radius 3 is 2.37 bits per heavy atom. The molecule has 3 aromatic heterocycles. The number of hydrogen-bond acceptors (Lipinski definition) is 5. The quantitative estimate of drug-likeness (QED) is 0.134. The van der Waals surface area contributed by atoms with E-state index in [1.54, 1.807) is 0 Å². The second kappa shape index (κ2) is 10.4. The van der Waals surface area contributed by atoms with E-state index in [1.807, 2.05) is 30.7 Å². The second-order valence-corrected chi connectivity index (χ2v) is 12.7. The van der Waals surface area contributed by atoms with E-state index in [2.05, 4.69) is 131 Å². The van der Waals surface area contributed by atoms with Gasteiger partial charge in [0.2, 0.25) is 0 Å². The first kappa shape index (κ1) is 28.7. The van der Waals surface area contributed by atoms with Crippen molar-refractivity contribution in [1.82, 2.24) is 19.0 Å². The molecule has 0 unspecified atom stereocenters. The maximum Gasteiger partial charge on any atom is 2.00 e. The first-order valence-electron chi connectivity index (χ1n) is 15.2. The Balaban J connectivity index is 0.00000312. The normalized spacial score (nSPS) is 13.3. The molecular weight excluding hydrogens is 750 g/mol. The van der Waals surface area contributed by atoms with Gasteiger partial charge in [-0.3, -0.25) is 4.98 Å². The predicted molar refractivity (Wildman–Crippen MR) is 181 cm³/mol. The van der Waals surface area contributed by atoms with Gasteiger partial charge < -0.3 is 23.4 Å². The Morgan fingerprint density at radius 2 is 1.52 bits per heavy atom. The maximum absolute atomic E-state index is 6.50. The van der Waals surface area contributed by atoms with Crippen LogP contribution in [0.15, 0.2) is 104 Å². The first-order valence-corrected chi connectivity index (χ1v) is 15.2. The van der Waals surface area contributed by atoms with E-state index < -0.39 is 0 Å². The predicted octanol–water partition coefficient (Wildman–Crippen LogP) is 8.16. The molecule has 46 heavy (non-hydrogen) atoms. The minimum atomic E-state index is -0.0318. The molecule has 0 saturated heterocycles. The summed E-state index contributed by atoms with van der Waals surface area (Å²) in [6, 6.07) is 36.5. The van der Waals surface area contributed by atoms with Gasteiger partial charge in [0.1, 0.15) is 5.82 Å². The van der Waals surface area contributed by atoms with Gasteiger partial charge in [-0.05, 0) is 59.4 Å². The van der Waals surface area contributed by atoms with Gasteiger partial charge in [0, 0.05) is 52.8 Å². The zero-order valence-electron chi connectivity index (χ0n) is 25.8. The molecule has 0 saturated carbocycles. The van der Waals surface area contributed by atoms with Crippen molar-refractivity contribution in [3.05, 3.63) is 121 Å². The number of benzene rings is 4. The van der Waals surface area contributed by atoms with Crippen molar-refractivity contribution in [1.29, 1.82) is 0 Å². The number of aromatic nitrogens is 4. The van der Waals surface area contributed by atoms with Crippen LogP contribution in [0.2, 0.25) is 0 Å². The second-order valence-electron chi connectivity index (χ2n) is 12.7. The van der Waals surface area contributed by atoms with E-state index in [0.717, 1.165) is 50.4 Å². The van der Waals surface area contributed by atoms with Crippen LogP contribution in [0.25, 0.3) is 39.0 Å². The molecule has 0 aliphatic carbocycles. The molecule has 226 valence electrons. The van der Waals surface area contributed by atoms with Gasteiger partial charge in [0.15, 0.2) is 0 Å². The zero-order valence-corrected chi connectivity index (χ0v) is 28.1. The fourth-order valence-electron chi connectivity index (χ4n) is 6.84. The van der Waals surface area contributed by atoms with Crippen LogP contribution >= 0.6 is 0 Å². The third-order valence-electron chi connectivity index (χ3n) is 9.01. The Morgan fingerprint density at radius 1 is 0.761 bits per heavy atom. The van der Waals surface area contributed by atoms with Crippen molar-refractivity contribution >= 4 is 46.0 Å².